The molecular weight excluding hydrogens is 520 g/mol. The summed E-state index contributed by atoms with van der Waals surface area (Å²) in [4.78, 5) is 20.5. The summed E-state index contributed by atoms with van der Waals surface area (Å²) >= 11 is 0. The van der Waals surface area contributed by atoms with Gasteiger partial charge in [-0.2, -0.15) is 0 Å². The van der Waals surface area contributed by atoms with Gasteiger partial charge >= 0.3 is 11.9 Å². The minimum Gasteiger partial charge on any atom is -0.481 e. The predicted octanol–water partition coefficient (Wildman–Crippen LogP) is 11.9. The molecule has 0 radical (unpaired) electrons. The summed E-state index contributed by atoms with van der Waals surface area (Å²) in [5.41, 5.74) is 0. The van der Waals surface area contributed by atoms with E-state index in [0.717, 1.165) is 51.0 Å². The van der Waals surface area contributed by atoms with Crippen molar-refractivity contribution in [3.63, 3.8) is 0 Å². The summed E-state index contributed by atoms with van der Waals surface area (Å²) in [6.45, 7) is 4.41. The van der Waals surface area contributed by atoms with Gasteiger partial charge in [-0.1, -0.05) is 157 Å². The molecule has 0 aromatic carbocycles. The Morgan fingerprint density at radius 1 is 0.476 bits per heavy atom. The minimum absolute atomic E-state index is 0.228. The minimum atomic E-state index is -0.908. The Morgan fingerprint density at radius 2 is 0.952 bits per heavy atom. The van der Waals surface area contributed by atoms with Gasteiger partial charge in [-0.05, 0) is 57.8 Å². The van der Waals surface area contributed by atoms with Crippen LogP contribution in [0.4, 0.5) is 0 Å². The second-order valence-corrected chi connectivity index (χ2v) is 10.5. The highest BCUT2D eigenvalue weighted by atomic mass is 16.4. The predicted molar refractivity (Wildman–Crippen MR) is 183 cm³/mol. The first kappa shape index (κ1) is 41.3. The van der Waals surface area contributed by atoms with Crippen molar-refractivity contribution in [2.24, 2.45) is 0 Å². The van der Waals surface area contributed by atoms with Crippen molar-refractivity contribution in [3.05, 3.63) is 85.1 Å². The van der Waals surface area contributed by atoms with Gasteiger partial charge in [0, 0.05) is 12.5 Å². The highest BCUT2D eigenvalue weighted by molar-refractivity contribution is 5.80. The topological polar surface area (TPSA) is 74.6 Å². The molecule has 0 aromatic heterocycles. The van der Waals surface area contributed by atoms with Crippen LogP contribution in [-0.2, 0) is 9.59 Å². The van der Waals surface area contributed by atoms with Crippen molar-refractivity contribution in [2.75, 3.05) is 0 Å². The molecule has 238 valence electrons. The molecule has 0 aromatic rings. The van der Waals surface area contributed by atoms with E-state index in [9.17, 15) is 9.59 Å². The summed E-state index contributed by atoms with van der Waals surface area (Å²) in [6, 6.07) is 0. The van der Waals surface area contributed by atoms with E-state index >= 15 is 0 Å². The average Bonchev–Trinajstić information content (AvgIpc) is 2.97. The fraction of sp³-hybridized carbons (Fsp3) is 0.579. The SMILES string of the molecule is CC/C=C\C/C=C\CC/C=C\CC/C=C\CCC(=O)O.CCCCCCCCCCCCC/C=C/C=C/C=C/C(=O)O. The van der Waals surface area contributed by atoms with Crippen LogP contribution in [0.5, 0.6) is 0 Å². The van der Waals surface area contributed by atoms with Crippen molar-refractivity contribution in [1.82, 2.24) is 0 Å². The number of rotatable bonds is 27. The Labute approximate surface area is 258 Å². The molecule has 0 fully saturated rings. The van der Waals surface area contributed by atoms with Crippen LogP contribution in [0.1, 0.15) is 142 Å². The molecule has 0 heterocycles. The normalized spacial score (nSPS) is 12.2. The fourth-order valence-corrected chi connectivity index (χ4v) is 3.99. The Hall–Kier alpha value is -2.88. The quantitative estimate of drug-likeness (QED) is 0.0437. The third-order valence-electron chi connectivity index (χ3n) is 6.38. The number of carboxylic acid groups (broad SMARTS) is 2. The lowest BCUT2D eigenvalue weighted by Crippen LogP contribution is -1.91. The van der Waals surface area contributed by atoms with E-state index in [-0.39, 0.29) is 6.42 Å². The number of aliphatic carboxylic acids is 2. The summed E-state index contributed by atoms with van der Waals surface area (Å²) < 4.78 is 0. The first-order valence-electron chi connectivity index (χ1n) is 16.6. The highest BCUT2D eigenvalue weighted by Crippen LogP contribution is 2.12. The van der Waals surface area contributed by atoms with Gasteiger partial charge in [-0.25, -0.2) is 4.79 Å². The Kier molecular flexibility index (Phi) is 37.4. The molecule has 4 heteroatoms. The molecule has 0 atom stereocenters. The van der Waals surface area contributed by atoms with Gasteiger partial charge in [0.25, 0.3) is 0 Å². The molecule has 4 nitrogen and oxygen atoms in total. The van der Waals surface area contributed by atoms with Crippen molar-refractivity contribution >= 4 is 11.9 Å². The lowest BCUT2D eigenvalue weighted by molar-refractivity contribution is -0.137. The third-order valence-corrected chi connectivity index (χ3v) is 6.38. The van der Waals surface area contributed by atoms with Crippen molar-refractivity contribution in [2.45, 2.75) is 142 Å². The maximum absolute atomic E-state index is 10.3. The molecule has 0 aliphatic carbocycles. The summed E-state index contributed by atoms with van der Waals surface area (Å²) in [6.07, 6.45) is 51.2. The summed E-state index contributed by atoms with van der Waals surface area (Å²) in [7, 11) is 0. The van der Waals surface area contributed by atoms with Crippen LogP contribution < -0.4 is 0 Å². The van der Waals surface area contributed by atoms with Crippen LogP contribution in [0.15, 0.2) is 85.1 Å². The second kappa shape index (κ2) is 38.1. The van der Waals surface area contributed by atoms with Gasteiger partial charge in [-0.15, -0.1) is 0 Å². The standard InChI is InChI=1S/C20H34O2.C18H28O2/c1-2-3-4-5-6-7-8-9-10-11-12-13-14-15-16-17-18-19-20(21)22;1-2-3-4-5-6-7-8-9-10-11-12-13-14-15-16-17-18(19)20/h14-19H,2-13H2,1H3,(H,21,22);3-4,6-7,10-11,14-15H,2,5,8-9,12-13,16-17H2,1H3,(H,19,20)/b15-14+,17-16+,19-18+;4-3-,7-6-,11-10-,15-14-. The third kappa shape index (κ3) is 44.1. The molecule has 0 unspecified atom stereocenters. The Balaban J connectivity index is 0. The maximum atomic E-state index is 10.3. The molecule has 0 amide bonds. The number of carbonyl (C=O) groups is 2. The summed E-state index contributed by atoms with van der Waals surface area (Å²) in [5, 5.41) is 16.9. The number of hydrogen-bond donors (Lipinski definition) is 2. The van der Waals surface area contributed by atoms with Crippen LogP contribution in [0.3, 0.4) is 0 Å². The first-order chi connectivity index (χ1) is 20.5. The largest absolute Gasteiger partial charge is 0.481 e. The molecular formula is C38H62O4. The van der Waals surface area contributed by atoms with Gasteiger partial charge < -0.3 is 10.2 Å². The molecule has 0 spiro atoms. The molecule has 2 N–H and O–H groups in total. The lowest BCUT2D eigenvalue weighted by Gasteiger charge is -2.01. The van der Waals surface area contributed by atoms with E-state index in [0.29, 0.717) is 6.42 Å². The first-order valence-corrected chi connectivity index (χ1v) is 16.6. The van der Waals surface area contributed by atoms with Gasteiger partial charge in [0.2, 0.25) is 0 Å². The van der Waals surface area contributed by atoms with E-state index in [4.69, 9.17) is 10.2 Å². The van der Waals surface area contributed by atoms with Crippen LogP contribution in [-0.4, -0.2) is 22.2 Å². The van der Waals surface area contributed by atoms with Crippen LogP contribution in [0.25, 0.3) is 0 Å². The average molecular weight is 583 g/mol. The van der Waals surface area contributed by atoms with Gasteiger partial charge in [-0.3, -0.25) is 4.79 Å². The zero-order chi connectivity index (χ0) is 31.2. The molecule has 0 rings (SSSR count). The molecule has 0 aliphatic heterocycles. The smallest absolute Gasteiger partial charge is 0.328 e. The second-order valence-electron chi connectivity index (χ2n) is 10.5. The summed E-state index contributed by atoms with van der Waals surface area (Å²) in [5.74, 6) is -1.64. The monoisotopic (exact) mass is 582 g/mol. The van der Waals surface area contributed by atoms with Crippen molar-refractivity contribution < 1.29 is 19.8 Å². The van der Waals surface area contributed by atoms with E-state index < -0.39 is 11.9 Å². The van der Waals surface area contributed by atoms with Crippen LogP contribution in [0.2, 0.25) is 0 Å². The van der Waals surface area contributed by atoms with E-state index in [1.165, 1.54) is 76.7 Å². The highest BCUT2D eigenvalue weighted by Gasteiger charge is 1.93. The molecule has 0 aliphatic rings. The number of allylic oxidation sites excluding steroid dienone is 13. The van der Waals surface area contributed by atoms with E-state index in [2.05, 4.69) is 62.5 Å². The van der Waals surface area contributed by atoms with Crippen molar-refractivity contribution in [1.29, 1.82) is 0 Å². The molecule has 0 saturated carbocycles. The Bertz CT molecular complexity index is 796. The van der Waals surface area contributed by atoms with E-state index in [1.807, 2.05) is 18.2 Å². The molecule has 0 bridgehead atoms. The zero-order valence-corrected chi connectivity index (χ0v) is 26.9. The molecule has 0 saturated heterocycles. The lowest BCUT2D eigenvalue weighted by atomic mass is 10.1. The van der Waals surface area contributed by atoms with Crippen LogP contribution in [0, 0.1) is 0 Å². The fourth-order valence-electron chi connectivity index (χ4n) is 3.99. The number of unbranched alkanes of at least 4 members (excludes halogenated alkanes) is 13. The van der Waals surface area contributed by atoms with E-state index in [1.54, 1.807) is 6.08 Å². The van der Waals surface area contributed by atoms with Gasteiger partial charge in [0.1, 0.15) is 0 Å². The van der Waals surface area contributed by atoms with Gasteiger partial charge in [0.05, 0.1) is 0 Å². The van der Waals surface area contributed by atoms with Crippen LogP contribution >= 0.6 is 0 Å². The zero-order valence-electron chi connectivity index (χ0n) is 26.9. The van der Waals surface area contributed by atoms with Crippen molar-refractivity contribution in [3.8, 4) is 0 Å². The number of hydrogen-bond acceptors (Lipinski definition) is 2. The van der Waals surface area contributed by atoms with Gasteiger partial charge in [0.15, 0.2) is 0 Å². The maximum Gasteiger partial charge on any atom is 0.328 e. The number of carboxylic acids is 2. The Morgan fingerprint density at radius 3 is 1.48 bits per heavy atom. The molecule has 42 heavy (non-hydrogen) atoms.